The average Bonchev–Trinajstić information content (AvgIpc) is 2.38. The van der Waals surface area contributed by atoms with Crippen LogP contribution in [0.2, 0.25) is 0 Å². The maximum absolute atomic E-state index is 13.4. The fourth-order valence-electron chi connectivity index (χ4n) is 2.10. The molecule has 1 aliphatic rings. The highest BCUT2D eigenvalue weighted by atomic mass is 19.1. The first kappa shape index (κ1) is 12.8. The highest BCUT2D eigenvalue weighted by molar-refractivity contribution is 5.95. The van der Waals surface area contributed by atoms with Gasteiger partial charge >= 0.3 is 5.97 Å². The average molecular weight is 252 g/mol. The fourth-order valence-corrected chi connectivity index (χ4v) is 2.10. The predicted molar refractivity (Wildman–Crippen MR) is 67.4 cm³/mol. The Balaban J connectivity index is 2.30. The predicted octanol–water partition coefficient (Wildman–Crippen LogP) is 1.36. The second-order valence-corrected chi connectivity index (χ2v) is 4.44. The molecule has 1 heterocycles. The van der Waals surface area contributed by atoms with Crippen molar-refractivity contribution in [1.82, 2.24) is 4.90 Å². The first-order chi connectivity index (χ1) is 8.61. The number of carbonyl (C=O) groups excluding carboxylic acids is 1. The minimum Gasteiger partial charge on any atom is -0.465 e. The highest BCUT2D eigenvalue weighted by Crippen LogP contribution is 2.23. The van der Waals surface area contributed by atoms with E-state index in [1.54, 1.807) is 0 Å². The zero-order valence-corrected chi connectivity index (χ0v) is 10.6. The minimum atomic E-state index is -0.427. The van der Waals surface area contributed by atoms with Crippen molar-refractivity contribution >= 4 is 11.7 Å². The number of likely N-dealkylation sites (N-methyl/N-ethyl adjacent to an activating group) is 1. The van der Waals surface area contributed by atoms with E-state index in [-0.39, 0.29) is 5.82 Å². The third kappa shape index (κ3) is 2.61. The van der Waals surface area contributed by atoms with Crippen LogP contribution in [-0.2, 0) is 4.74 Å². The number of benzene rings is 1. The van der Waals surface area contributed by atoms with Gasteiger partial charge in [-0.25, -0.2) is 9.18 Å². The van der Waals surface area contributed by atoms with E-state index < -0.39 is 5.97 Å². The lowest BCUT2D eigenvalue weighted by atomic mass is 10.1. The Bertz CT molecular complexity index is 443. The molecule has 1 aliphatic heterocycles. The fraction of sp³-hybridized carbons (Fsp3) is 0.462. The van der Waals surface area contributed by atoms with Gasteiger partial charge in [-0.05, 0) is 25.2 Å². The van der Waals surface area contributed by atoms with E-state index in [9.17, 15) is 9.18 Å². The first-order valence-electron chi connectivity index (χ1n) is 5.93. The Labute approximate surface area is 106 Å². The molecule has 0 atom stereocenters. The summed E-state index contributed by atoms with van der Waals surface area (Å²) >= 11 is 0. The second kappa shape index (κ2) is 5.35. The van der Waals surface area contributed by atoms with Crippen LogP contribution in [0.4, 0.5) is 10.1 Å². The maximum atomic E-state index is 13.4. The number of methoxy groups -OCH3 is 1. The third-order valence-electron chi connectivity index (χ3n) is 3.21. The van der Waals surface area contributed by atoms with E-state index in [4.69, 9.17) is 4.74 Å². The van der Waals surface area contributed by atoms with Gasteiger partial charge in [0.2, 0.25) is 0 Å². The molecule has 4 nitrogen and oxygen atoms in total. The van der Waals surface area contributed by atoms with Gasteiger partial charge in [0.05, 0.1) is 18.4 Å². The van der Waals surface area contributed by atoms with E-state index in [1.807, 2.05) is 11.9 Å². The standard InChI is InChI=1S/C13H17FN2O2/c1-15-5-7-16(8-6-15)12-9-10(14)3-4-11(12)13(17)18-2/h3-4,9H,5-8H2,1-2H3. The second-order valence-electron chi connectivity index (χ2n) is 4.44. The summed E-state index contributed by atoms with van der Waals surface area (Å²) in [5.74, 6) is -0.763. The monoisotopic (exact) mass is 252 g/mol. The molecule has 1 fully saturated rings. The lowest BCUT2D eigenvalue weighted by Crippen LogP contribution is -2.45. The normalized spacial score (nSPS) is 16.7. The molecule has 5 heteroatoms. The van der Waals surface area contributed by atoms with E-state index in [2.05, 4.69) is 4.90 Å². The Kier molecular flexibility index (Phi) is 3.81. The van der Waals surface area contributed by atoms with Crippen LogP contribution < -0.4 is 4.90 Å². The van der Waals surface area contributed by atoms with Crippen LogP contribution in [0.25, 0.3) is 0 Å². The number of piperazine rings is 1. The van der Waals surface area contributed by atoms with Gasteiger partial charge in [-0.2, -0.15) is 0 Å². The van der Waals surface area contributed by atoms with E-state index >= 15 is 0 Å². The van der Waals surface area contributed by atoms with Gasteiger partial charge in [0.1, 0.15) is 5.82 Å². The molecule has 98 valence electrons. The Hall–Kier alpha value is -1.62. The zero-order chi connectivity index (χ0) is 13.1. The summed E-state index contributed by atoms with van der Waals surface area (Å²) < 4.78 is 18.1. The summed E-state index contributed by atoms with van der Waals surface area (Å²) in [5, 5.41) is 0. The molecule has 18 heavy (non-hydrogen) atoms. The molecule has 0 radical (unpaired) electrons. The first-order valence-corrected chi connectivity index (χ1v) is 5.93. The van der Waals surface area contributed by atoms with E-state index in [1.165, 1.54) is 25.3 Å². The summed E-state index contributed by atoms with van der Waals surface area (Å²) in [6, 6.07) is 4.16. The van der Waals surface area contributed by atoms with Crippen LogP contribution in [0.1, 0.15) is 10.4 Å². The molecule has 0 unspecified atom stereocenters. The van der Waals surface area contributed by atoms with Gasteiger partial charge in [0.25, 0.3) is 0 Å². The Morgan fingerprint density at radius 3 is 2.56 bits per heavy atom. The minimum absolute atomic E-state index is 0.336. The topological polar surface area (TPSA) is 32.8 Å². The molecule has 1 aromatic carbocycles. The molecule has 0 amide bonds. The van der Waals surface area contributed by atoms with Crippen LogP contribution in [0.3, 0.4) is 0 Å². The van der Waals surface area contributed by atoms with Crippen molar-refractivity contribution in [2.75, 3.05) is 45.2 Å². The molecule has 0 aliphatic carbocycles. The number of carbonyl (C=O) groups is 1. The van der Waals surface area contributed by atoms with Crippen molar-refractivity contribution in [3.05, 3.63) is 29.6 Å². The summed E-state index contributed by atoms with van der Waals surface area (Å²) in [5.41, 5.74) is 1.04. The van der Waals surface area contributed by atoms with Crippen LogP contribution in [-0.4, -0.2) is 51.2 Å². The van der Waals surface area contributed by atoms with Crippen LogP contribution in [0.15, 0.2) is 18.2 Å². The number of ether oxygens (including phenoxy) is 1. The van der Waals surface area contributed by atoms with Crippen molar-refractivity contribution < 1.29 is 13.9 Å². The van der Waals surface area contributed by atoms with Gasteiger partial charge < -0.3 is 14.5 Å². The number of halogens is 1. The lowest BCUT2D eigenvalue weighted by Gasteiger charge is -2.34. The summed E-state index contributed by atoms with van der Waals surface area (Å²) in [6.45, 7) is 3.36. The quantitative estimate of drug-likeness (QED) is 0.744. The molecule has 0 bridgehead atoms. The van der Waals surface area contributed by atoms with E-state index in [0.29, 0.717) is 11.3 Å². The van der Waals surface area contributed by atoms with Gasteiger partial charge in [-0.3, -0.25) is 0 Å². The molecular weight excluding hydrogens is 235 g/mol. The van der Waals surface area contributed by atoms with Crippen LogP contribution in [0, 0.1) is 5.82 Å². The third-order valence-corrected chi connectivity index (χ3v) is 3.21. The van der Waals surface area contributed by atoms with Crippen LogP contribution >= 0.6 is 0 Å². The summed E-state index contributed by atoms with van der Waals surface area (Å²) in [7, 11) is 3.38. The lowest BCUT2D eigenvalue weighted by molar-refractivity contribution is 0.0601. The molecule has 1 aromatic rings. The largest absolute Gasteiger partial charge is 0.465 e. The zero-order valence-electron chi connectivity index (χ0n) is 10.6. The molecule has 1 saturated heterocycles. The van der Waals surface area contributed by atoms with E-state index in [0.717, 1.165) is 26.2 Å². The molecule has 0 saturated carbocycles. The SMILES string of the molecule is COC(=O)c1ccc(F)cc1N1CCN(C)CC1. The number of anilines is 1. The number of hydrogen-bond acceptors (Lipinski definition) is 4. The van der Waals surface area contributed by atoms with Gasteiger partial charge in [0, 0.05) is 26.2 Å². The number of esters is 1. The van der Waals surface area contributed by atoms with Crippen molar-refractivity contribution in [3.63, 3.8) is 0 Å². The van der Waals surface area contributed by atoms with Crippen molar-refractivity contribution in [2.45, 2.75) is 0 Å². The Morgan fingerprint density at radius 1 is 1.28 bits per heavy atom. The maximum Gasteiger partial charge on any atom is 0.339 e. The summed E-state index contributed by atoms with van der Waals surface area (Å²) in [4.78, 5) is 15.9. The van der Waals surface area contributed by atoms with Crippen molar-refractivity contribution in [1.29, 1.82) is 0 Å². The van der Waals surface area contributed by atoms with Crippen molar-refractivity contribution in [2.24, 2.45) is 0 Å². The highest BCUT2D eigenvalue weighted by Gasteiger charge is 2.21. The molecule has 0 aromatic heterocycles. The van der Waals surface area contributed by atoms with Crippen LogP contribution in [0.5, 0.6) is 0 Å². The number of nitrogens with zero attached hydrogens (tertiary/aromatic N) is 2. The Morgan fingerprint density at radius 2 is 1.94 bits per heavy atom. The molecule has 0 N–H and O–H groups in total. The summed E-state index contributed by atoms with van der Waals surface area (Å²) in [6.07, 6.45) is 0. The number of hydrogen-bond donors (Lipinski definition) is 0. The molecule has 2 rings (SSSR count). The van der Waals surface area contributed by atoms with Gasteiger partial charge in [0.15, 0.2) is 0 Å². The smallest absolute Gasteiger partial charge is 0.339 e. The number of rotatable bonds is 2. The van der Waals surface area contributed by atoms with Gasteiger partial charge in [-0.1, -0.05) is 0 Å². The van der Waals surface area contributed by atoms with Gasteiger partial charge in [-0.15, -0.1) is 0 Å². The van der Waals surface area contributed by atoms with Crippen molar-refractivity contribution in [3.8, 4) is 0 Å². The molecular formula is C13H17FN2O2. The molecule has 0 spiro atoms.